The maximum absolute atomic E-state index is 12.4. The summed E-state index contributed by atoms with van der Waals surface area (Å²) in [5, 5.41) is 14.9. The van der Waals surface area contributed by atoms with Gasteiger partial charge in [-0.05, 0) is 25.0 Å². The number of amides is 1. The van der Waals surface area contributed by atoms with Gasteiger partial charge in [0.25, 0.3) is 0 Å². The van der Waals surface area contributed by atoms with Crippen molar-refractivity contribution in [2.24, 2.45) is 0 Å². The van der Waals surface area contributed by atoms with Gasteiger partial charge in [0, 0.05) is 25.2 Å². The molecular formula is C21H26N6O2. The van der Waals surface area contributed by atoms with Crippen molar-refractivity contribution in [3.05, 3.63) is 60.0 Å². The van der Waals surface area contributed by atoms with E-state index in [1.54, 1.807) is 17.8 Å². The molecule has 2 aromatic heterocycles. The zero-order valence-corrected chi connectivity index (χ0v) is 16.6. The van der Waals surface area contributed by atoms with Crippen molar-refractivity contribution < 1.29 is 9.32 Å². The lowest BCUT2D eigenvalue weighted by atomic mass is 9.81. The van der Waals surface area contributed by atoms with Gasteiger partial charge in [0.2, 0.25) is 11.8 Å². The first-order chi connectivity index (χ1) is 14.1. The first-order valence-corrected chi connectivity index (χ1v) is 10.1. The van der Waals surface area contributed by atoms with Crippen LogP contribution in [0.3, 0.4) is 0 Å². The van der Waals surface area contributed by atoms with Crippen LogP contribution in [0.4, 0.5) is 0 Å². The Kier molecular flexibility index (Phi) is 5.71. The molecule has 1 fully saturated rings. The Bertz CT molecular complexity index is 943. The number of rotatable bonds is 7. The number of carbonyl (C=O) groups is 1. The Morgan fingerprint density at radius 1 is 1.21 bits per heavy atom. The molecule has 0 bridgehead atoms. The number of hydrogen-bond acceptors (Lipinski definition) is 6. The van der Waals surface area contributed by atoms with Crippen LogP contribution >= 0.6 is 0 Å². The predicted molar refractivity (Wildman–Crippen MR) is 107 cm³/mol. The molecule has 4 rings (SSSR count). The third-order valence-corrected chi connectivity index (χ3v) is 5.40. The molecule has 0 unspecified atom stereocenters. The van der Waals surface area contributed by atoms with Gasteiger partial charge in [0.05, 0.1) is 24.0 Å². The van der Waals surface area contributed by atoms with Gasteiger partial charge >= 0.3 is 0 Å². The first kappa shape index (κ1) is 19.3. The van der Waals surface area contributed by atoms with E-state index in [0.717, 1.165) is 36.9 Å². The van der Waals surface area contributed by atoms with E-state index in [4.69, 9.17) is 4.52 Å². The predicted octanol–water partition coefficient (Wildman–Crippen LogP) is 2.63. The maximum atomic E-state index is 12.4. The Balaban J connectivity index is 1.33. The fourth-order valence-corrected chi connectivity index (χ4v) is 3.81. The molecule has 0 spiro atoms. The van der Waals surface area contributed by atoms with Gasteiger partial charge in [-0.15, -0.1) is 0 Å². The molecule has 8 nitrogen and oxygen atoms in total. The number of aromatic nitrogens is 4. The Hall–Kier alpha value is -3.00. The highest BCUT2D eigenvalue weighted by Crippen LogP contribution is 2.35. The second-order valence-electron chi connectivity index (χ2n) is 7.54. The Morgan fingerprint density at radius 2 is 2.00 bits per heavy atom. The summed E-state index contributed by atoms with van der Waals surface area (Å²) in [5.74, 6) is 1.14. The number of hydrogen-bond donors (Lipinski definition) is 2. The van der Waals surface area contributed by atoms with Crippen LogP contribution in [0.25, 0.3) is 5.69 Å². The monoisotopic (exact) mass is 394 g/mol. The van der Waals surface area contributed by atoms with E-state index >= 15 is 0 Å². The van der Waals surface area contributed by atoms with E-state index in [0.29, 0.717) is 18.3 Å². The molecule has 1 aliphatic rings. The van der Waals surface area contributed by atoms with Crippen molar-refractivity contribution in [1.29, 1.82) is 0 Å². The summed E-state index contributed by atoms with van der Waals surface area (Å²) in [6.45, 7) is 2.43. The lowest BCUT2D eigenvalue weighted by Gasteiger charge is -2.35. The van der Waals surface area contributed by atoms with E-state index in [1.807, 2.05) is 36.5 Å². The minimum atomic E-state index is -0.383. The summed E-state index contributed by atoms with van der Waals surface area (Å²) in [5.41, 5.74) is 1.55. The van der Waals surface area contributed by atoms with Crippen LogP contribution in [0, 0.1) is 6.92 Å². The number of benzene rings is 1. The zero-order chi connectivity index (χ0) is 20.1. The smallest absolute Gasteiger partial charge is 0.234 e. The highest BCUT2D eigenvalue weighted by Gasteiger charge is 2.38. The minimum absolute atomic E-state index is 0.0670. The second-order valence-corrected chi connectivity index (χ2v) is 7.54. The zero-order valence-electron chi connectivity index (χ0n) is 16.6. The van der Waals surface area contributed by atoms with Crippen molar-refractivity contribution in [3.8, 4) is 5.69 Å². The molecule has 0 saturated heterocycles. The molecule has 29 heavy (non-hydrogen) atoms. The van der Waals surface area contributed by atoms with Crippen molar-refractivity contribution in [1.82, 2.24) is 30.6 Å². The molecule has 0 atom stereocenters. The summed E-state index contributed by atoms with van der Waals surface area (Å²) in [4.78, 5) is 16.9. The average molecular weight is 394 g/mol. The summed E-state index contributed by atoms with van der Waals surface area (Å²) in [6, 6.07) is 9.88. The highest BCUT2D eigenvalue weighted by molar-refractivity contribution is 5.78. The van der Waals surface area contributed by atoms with Gasteiger partial charge in [-0.3, -0.25) is 10.1 Å². The molecule has 1 aliphatic carbocycles. The van der Waals surface area contributed by atoms with Crippen molar-refractivity contribution in [3.63, 3.8) is 0 Å². The van der Waals surface area contributed by atoms with Crippen LogP contribution < -0.4 is 10.6 Å². The molecule has 0 aliphatic heterocycles. The van der Waals surface area contributed by atoms with Crippen molar-refractivity contribution in [2.45, 2.75) is 51.1 Å². The van der Waals surface area contributed by atoms with Crippen LogP contribution in [0.15, 0.2) is 47.2 Å². The fraction of sp³-hybridized carbons (Fsp3) is 0.429. The van der Waals surface area contributed by atoms with E-state index in [9.17, 15) is 4.79 Å². The molecule has 3 aromatic rings. The van der Waals surface area contributed by atoms with Gasteiger partial charge in [0.1, 0.15) is 0 Å². The Morgan fingerprint density at radius 3 is 2.72 bits per heavy atom. The molecule has 8 heteroatoms. The van der Waals surface area contributed by atoms with E-state index in [2.05, 4.69) is 25.9 Å². The van der Waals surface area contributed by atoms with Crippen LogP contribution in [0.1, 0.15) is 49.4 Å². The SMILES string of the molecule is Cc1nc(C2(NCC(=O)NCc3cnn(-c4ccccc4)c3)CCCCC2)no1. The molecule has 0 radical (unpaired) electrons. The summed E-state index contributed by atoms with van der Waals surface area (Å²) >= 11 is 0. The third-order valence-electron chi connectivity index (χ3n) is 5.40. The molecular weight excluding hydrogens is 368 g/mol. The van der Waals surface area contributed by atoms with Gasteiger partial charge in [-0.25, -0.2) is 4.68 Å². The minimum Gasteiger partial charge on any atom is -0.351 e. The number of aryl methyl sites for hydroxylation is 1. The van der Waals surface area contributed by atoms with Gasteiger partial charge in [-0.1, -0.05) is 42.6 Å². The van der Waals surface area contributed by atoms with Gasteiger partial charge in [0.15, 0.2) is 5.82 Å². The van der Waals surface area contributed by atoms with Crippen LogP contribution in [0.5, 0.6) is 0 Å². The lowest BCUT2D eigenvalue weighted by Crippen LogP contribution is -2.48. The normalized spacial score (nSPS) is 15.9. The van der Waals surface area contributed by atoms with Crippen molar-refractivity contribution in [2.75, 3.05) is 6.54 Å². The molecule has 2 N–H and O–H groups in total. The van der Waals surface area contributed by atoms with Crippen LogP contribution in [-0.2, 0) is 16.9 Å². The third kappa shape index (κ3) is 4.54. The topological polar surface area (TPSA) is 97.9 Å². The molecule has 1 amide bonds. The fourth-order valence-electron chi connectivity index (χ4n) is 3.81. The lowest BCUT2D eigenvalue weighted by molar-refractivity contribution is -0.120. The number of nitrogens with zero attached hydrogens (tertiary/aromatic N) is 4. The number of para-hydroxylation sites is 1. The molecule has 1 saturated carbocycles. The van der Waals surface area contributed by atoms with E-state index in [-0.39, 0.29) is 18.0 Å². The first-order valence-electron chi connectivity index (χ1n) is 10.1. The second kappa shape index (κ2) is 8.57. The van der Waals surface area contributed by atoms with E-state index < -0.39 is 0 Å². The maximum Gasteiger partial charge on any atom is 0.234 e. The largest absolute Gasteiger partial charge is 0.351 e. The number of nitrogens with one attached hydrogen (secondary N) is 2. The van der Waals surface area contributed by atoms with E-state index in [1.165, 1.54) is 6.42 Å². The summed E-state index contributed by atoms with van der Waals surface area (Å²) in [6.07, 6.45) is 8.87. The molecule has 152 valence electrons. The molecule has 1 aromatic carbocycles. The van der Waals surface area contributed by atoms with Crippen LogP contribution in [0.2, 0.25) is 0 Å². The van der Waals surface area contributed by atoms with Crippen LogP contribution in [-0.4, -0.2) is 32.4 Å². The summed E-state index contributed by atoms with van der Waals surface area (Å²) < 4.78 is 6.98. The van der Waals surface area contributed by atoms with Crippen molar-refractivity contribution >= 4 is 5.91 Å². The van der Waals surface area contributed by atoms with Gasteiger partial charge in [-0.2, -0.15) is 10.1 Å². The molecule has 2 heterocycles. The quantitative estimate of drug-likeness (QED) is 0.639. The van der Waals surface area contributed by atoms with Gasteiger partial charge < -0.3 is 9.84 Å². The average Bonchev–Trinajstić information content (AvgIpc) is 3.42. The summed E-state index contributed by atoms with van der Waals surface area (Å²) in [7, 11) is 0. The highest BCUT2D eigenvalue weighted by atomic mass is 16.5. The Labute approximate surface area is 169 Å². The standard InChI is InChI=1S/C21H26N6O2/c1-16-25-20(26-29-16)21(10-6-3-7-11-21)23-14-19(28)22-12-17-13-24-27(15-17)18-8-4-2-5-9-18/h2,4-5,8-9,13,15,23H,3,6-7,10-12,14H2,1H3,(H,22,28). The number of carbonyl (C=O) groups excluding carboxylic acids is 1.